The number of anilines is 1. The highest BCUT2D eigenvalue weighted by molar-refractivity contribution is 5.96. The predicted molar refractivity (Wildman–Crippen MR) is 124 cm³/mol. The summed E-state index contributed by atoms with van der Waals surface area (Å²) >= 11 is 0. The Morgan fingerprint density at radius 1 is 1.13 bits per heavy atom. The number of hydrogen-bond donors (Lipinski definition) is 2. The van der Waals surface area contributed by atoms with Crippen LogP contribution >= 0.6 is 0 Å². The van der Waals surface area contributed by atoms with Gasteiger partial charge in [-0.05, 0) is 57.0 Å². The SMILES string of the molecule is C=C(N/C=C\N(C)/C=C(\C)C1(C)C=CC(C(C)=O)=CC1)Nc1ccc(C(C)=O)cc1. The van der Waals surface area contributed by atoms with E-state index in [-0.39, 0.29) is 17.0 Å². The van der Waals surface area contributed by atoms with E-state index in [1.54, 1.807) is 32.2 Å². The lowest BCUT2D eigenvalue weighted by molar-refractivity contribution is -0.113. The van der Waals surface area contributed by atoms with E-state index in [9.17, 15) is 9.59 Å². The minimum atomic E-state index is -0.105. The maximum absolute atomic E-state index is 11.5. The predicted octanol–water partition coefficient (Wildman–Crippen LogP) is 5.15. The summed E-state index contributed by atoms with van der Waals surface area (Å²) in [6.07, 6.45) is 12.6. The van der Waals surface area contributed by atoms with Gasteiger partial charge in [0, 0.05) is 47.9 Å². The van der Waals surface area contributed by atoms with Crippen molar-refractivity contribution in [2.75, 3.05) is 12.4 Å². The fourth-order valence-corrected chi connectivity index (χ4v) is 3.04. The molecule has 5 nitrogen and oxygen atoms in total. The van der Waals surface area contributed by atoms with Gasteiger partial charge in [0.25, 0.3) is 0 Å². The number of carbonyl (C=O) groups is 2. The summed E-state index contributed by atoms with van der Waals surface area (Å²) in [5.41, 5.74) is 3.40. The summed E-state index contributed by atoms with van der Waals surface area (Å²) in [5, 5.41) is 6.24. The lowest BCUT2D eigenvalue weighted by Crippen LogP contribution is -2.20. The molecule has 5 heteroatoms. The van der Waals surface area contributed by atoms with Crippen LogP contribution in [0.2, 0.25) is 0 Å². The van der Waals surface area contributed by atoms with Crippen LogP contribution in [0.5, 0.6) is 0 Å². The van der Waals surface area contributed by atoms with Gasteiger partial charge in [-0.15, -0.1) is 0 Å². The monoisotopic (exact) mass is 405 g/mol. The molecule has 1 aromatic rings. The van der Waals surface area contributed by atoms with Crippen molar-refractivity contribution in [2.24, 2.45) is 5.41 Å². The van der Waals surface area contributed by atoms with Crippen LogP contribution in [-0.2, 0) is 4.79 Å². The molecule has 0 fully saturated rings. The third kappa shape index (κ3) is 6.34. The first-order valence-corrected chi connectivity index (χ1v) is 9.92. The van der Waals surface area contributed by atoms with Crippen molar-refractivity contribution in [1.82, 2.24) is 10.2 Å². The van der Waals surface area contributed by atoms with Crippen molar-refractivity contribution in [3.8, 4) is 0 Å². The Bertz CT molecular complexity index is 936. The zero-order valence-corrected chi connectivity index (χ0v) is 18.5. The summed E-state index contributed by atoms with van der Waals surface area (Å²) in [4.78, 5) is 24.8. The van der Waals surface area contributed by atoms with Crippen molar-refractivity contribution in [1.29, 1.82) is 0 Å². The highest BCUT2D eigenvalue weighted by Gasteiger charge is 2.25. The molecular formula is C25H31N3O2. The molecule has 0 saturated heterocycles. The standard InChI is InChI=1S/C25H31N3O2/c1-18(25(5)13-11-23(12-14-25)20(3)30)17-28(6)16-15-26-21(4)27-24-9-7-22(8-10-24)19(2)29/h7-13,15-17,26-27H,4,14H2,1-3,5-6H3/b16-15-,18-17+. The first kappa shape index (κ1) is 22.9. The van der Waals surface area contributed by atoms with E-state index in [4.69, 9.17) is 0 Å². The maximum atomic E-state index is 11.5. The van der Waals surface area contributed by atoms with Gasteiger partial charge in [-0.25, -0.2) is 0 Å². The zero-order valence-electron chi connectivity index (χ0n) is 18.5. The molecule has 1 aromatic carbocycles. The Balaban J connectivity index is 1.88. The largest absolute Gasteiger partial charge is 0.356 e. The lowest BCUT2D eigenvalue weighted by Gasteiger charge is -2.30. The van der Waals surface area contributed by atoms with E-state index < -0.39 is 0 Å². The molecule has 30 heavy (non-hydrogen) atoms. The summed E-state index contributed by atoms with van der Waals surface area (Å²) in [5.74, 6) is 0.769. The van der Waals surface area contributed by atoms with Gasteiger partial charge >= 0.3 is 0 Å². The Kier molecular flexibility index (Phi) is 7.59. The second-order valence-corrected chi connectivity index (χ2v) is 7.85. The van der Waals surface area contributed by atoms with Gasteiger partial charge < -0.3 is 15.5 Å². The van der Waals surface area contributed by atoms with Gasteiger partial charge in [0.15, 0.2) is 11.6 Å². The zero-order chi connectivity index (χ0) is 22.3. The fourth-order valence-electron chi connectivity index (χ4n) is 3.04. The van der Waals surface area contributed by atoms with E-state index >= 15 is 0 Å². The second-order valence-electron chi connectivity index (χ2n) is 7.85. The van der Waals surface area contributed by atoms with Crippen LogP contribution in [0.1, 0.15) is 44.5 Å². The number of rotatable bonds is 9. The van der Waals surface area contributed by atoms with E-state index in [0.717, 1.165) is 17.7 Å². The van der Waals surface area contributed by atoms with Gasteiger partial charge in [-0.2, -0.15) is 0 Å². The molecule has 0 amide bonds. The van der Waals surface area contributed by atoms with Gasteiger partial charge in [0.1, 0.15) is 0 Å². The summed E-state index contributed by atoms with van der Waals surface area (Å²) < 4.78 is 0. The molecule has 0 radical (unpaired) electrons. The smallest absolute Gasteiger partial charge is 0.159 e. The number of nitrogens with one attached hydrogen (secondary N) is 2. The van der Waals surface area contributed by atoms with Gasteiger partial charge in [-0.1, -0.05) is 31.7 Å². The Morgan fingerprint density at radius 2 is 1.80 bits per heavy atom. The number of carbonyl (C=O) groups excluding carboxylic acids is 2. The number of benzene rings is 1. The number of hydrogen-bond acceptors (Lipinski definition) is 5. The van der Waals surface area contributed by atoms with E-state index in [1.165, 1.54) is 5.57 Å². The highest BCUT2D eigenvalue weighted by Crippen LogP contribution is 2.36. The molecule has 0 bridgehead atoms. The quantitative estimate of drug-likeness (QED) is 0.556. The van der Waals surface area contributed by atoms with Crippen LogP contribution in [0.25, 0.3) is 0 Å². The second kappa shape index (κ2) is 9.92. The van der Waals surface area contributed by atoms with Crippen molar-refractivity contribution in [3.63, 3.8) is 0 Å². The van der Waals surface area contributed by atoms with E-state index in [1.807, 2.05) is 42.4 Å². The van der Waals surface area contributed by atoms with Crippen molar-refractivity contribution >= 4 is 17.3 Å². The third-order valence-corrected chi connectivity index (χ3v) is 5.24. The van der Waals surface area contributed by atoms with Crippen molar-refractivity contribution in [2.45, 2.75) is 34.1 Å². The van der Waals surface area contributed by atoms with Crippen molar-refractivity contribution in [3.05, 3.63) is 90.2 Å². The molecule has 0 aliphatic heterocycles. The molecule has 0 saturated carbocycles. The van der Waals surface area contributed by atoms with Gasteiger partial charge in [0.2, 0.25) is 0 Å². The van der Waals surface area contributed by atoms with Crippen LogP contribution in [0.15, 0.2) is 84.6 Å². The minimum absolute atomic E-state index is 0.0423. The summed E-state index contributed by atoms with van der Waals surface area (Å²) in [6.45, 7) is 11.4. The molecule has 0 spiro atoms. The average molecular weight is 406 g/mol. The summed E-state index contributed by atoms with van der Waals surface area (Å²) in [7, 11) is 1.96. The third-order valence-electron chi connectivity index (χ3n) is 5.24. The molecule has 1 aliphatic carbocycles. The normalized spacial score (nSPS) is 18.7. The van der Waals surface area contributed by atoms with Crippen LogP contribution in [0, 0.1) is 5.41 Å². The number of nitrogens with zero attached hydrogens (tertiary/aromatic N) is 1. The maximum Gasteiger partial charge on any atom is 0.159 e. The molecule has 0 heterocycles. The van der Waals surface area contributed by atoms with Crippen LogP contribution in [0.3, 0.4) is 0 Å². The molecule has 2 rings (SSSR count). The van der Waals surface area contributed by atoms with Crippen molar-refractivity contribution < 1.29 is 9.59 Å². The van der Waals surface area contributed by atoms with Crippen LogP contribution in [-0.4, -0.2) is 23.5 Å². The molecular weight excluding hydrogens is 374 g/mol. The number of allylic oxidation sites excluding steroid dienone is 5. The number of ketones is 2. The first-order valence-electron chi connectivity index (χ1n) is 9.92. The lowest BCUT2D eigenvalue weighted by atomic mass is 9.76. The Hall–Kier alpha value is -3.34. The summed E-state index contributed by atoms with van der Waals surface area (Å²) in [6, 6.07) is 7.25. The average Bonchev–Trinajstić information content (AvgIpc) is 2.68. The van der Waals surface area contributed by atoms with Gasteiger partial charge in [0.05, 0.1) is 5.82 Å². The van der Waals surface area contributed by atoms with E-state index in [0.29, 0.717) is 11.4 Å². The Labute approximate surface area is 179 Å². The Morgan fingerprint density at radius 3 is 2.33 bits per heavy atom. The molecule has 1 aliphatic rings. The molecule has 0 aromatic heterocycles. The van der Waals surface area contributed by atoms with Gasteiger partial charge in [-0.3, -0.25) is 9.59 Å². The molecule has 158 valence electrons. The minimum Gasteiger partial charge on any atom is -0.356 e. The van der Waals surface area contributed by atoms with Crippen LogP contribution < -0.4 is 10.6 Å². The topological polar surface area (TPSA) is 61.4 Å². The molecule has 2 N–H and O–H groups in total. The molecule has 1 unspecified atom stereocenters. The van der Waals surface area contributed by atoms with Crippen LogP contribution in [0.4, 0.5) is 5.69 Å². The fraction of sp³-hybridized carbons (Fsp3) is 0.280. The highest BCUT2D eigenvalue weighted by atomic mass is 16.1. The molecule has 1 atom stereocenters. The first-order chi connectivity index (χ1) is 14.1. The number of Topliss-reactive ketones (excluding diaryl/α,β-unsaturated/α-hetero) is 2. The van der Waals surface area contributed by atoms with E-state index in [2.05, 4.69) is 43.3 Å².